The summed E-state index contributed by atoms with van der Waals surface area (Å²) in [6, 6.07) is 0. The van der Waals surface area contributed by atoms with E-state index >= 15 is 0 Å². The number of hydrogen-bond acceptors (Lipinski definition) is 4. The van der Waals surface area contributed by atoms with E-state index < -0.39 is 47.5 Å². The third-order valence-electron chi connectivity index (χ3n) is 3.32. The molecule has 21 heavy (non-hydrogen) atoms. The van der Waals surface area contributed by atoms with Gasteiger partial charge < -0.3 is 0 Å². The van der Waals surface area contributed by atoms with Crippen LogP contribution in [0.5, 0.6) is 0 Å². The van der Waals surface area contributed by atoms with Gasteiger partial charge in [-0.2, -0.15) is 26.3 Å². The lowest BCUT2D eigenvalue weighted by Gasteiger charge is -2.41. The number of alkyl halides is 6. The van der Waals surface area contributed by atoms with E-state index in [2.05, 4.69) is 6.58 Å². The van der Waals surface area contributed by atoms with E-state index in [0.717, 1.165) is 0 Å². The van der Waals surface area contributed by atoms with Gasteiger partial charge in [-0.3, -0.25) is 0 Å². The van der Waals surface area contributed by atoms with Crippen LogP contribution in [0.3, 0.4) is 0 Å². The summed E-state index contributed by atoms with van der Waals surface area (Å²) in [7, 11) is -13.0. The molecule has 1 unspecified atom stereocenters. The van der Waals surface area contributed by atoms with E-state index in [1.165, 1.54) is 0 Å². The van der Waals surface area contributed by atoms with E-state index in [1.807, 2.05) is 0 Å². The molecule has 1 aliphatic rings. The molecule has 0 aliphatic carbocycles. The third-order valence-corrected chi connectivity index (χ3v) is 7.09. The number of allylic oxidation sites excluding steroid dienone is 1. The minimum absolute atomic E-state index is 0.0360. The van der Waals surface area contributed by atoms with Crippen LogP contribution in [-0.2, 0) is 20.0 Å². The molecule has 124 valence electrons. The molecule has 1 heterocycles. The highest BCUT2D eigenvalue weighted by Gasteiger charge is 2.85. The summed E-state index contributed by atoms with van der Waals surface area (Å²) < 4.78 is 127. The van der Waals surface area contributed by atoms with Gasteiger partial charge in [-0.05, 0) is 13.8 Å². The van der Waals surface area contributed by atoms with Gasteiger partial charge in [0.1, 0.15) is 5.41 Å². The largest absolute Gasteiger partial charge is 0.422 e. The van der Waals surface area contributed by atoms with Gasteiger partial charge in [0.05, 0.1) is 0 Å². The molecule has 0 aromatic heterocycles. The van der Waals surface area contributed by atoms with Crippen molar-refractivity contribution >= 4 is 20.0 Å². The quantitative estimate of drug-likeness (QED) is 0.569. The van der Waals surface area contributed by atoms with Crippen LogP contribution < -0.4 is 4.13 Å². The summed E-state index contributed by atoms with van der Waals surface area (Å²) >= 11 is 0. The van der Waals surface area contributed by atoms with Crippen LogP contribution in [0.2, 0.25) is 0 Å². The second-order valence-electron chi connectivity index (χ2n) is 4.60. The summed E-state index contributed by atoms with van der Waals surface area (Å²) in [6.07, 6.45) is 0. The maximum absolute atomic E-state index is 13.9. The van der Waals surface area contributed by atoms with Crippen LogP contribution in [0.4, 0.5) is 26.3 Å². The lowest BCUT2D eigenvalue weighted by molar-refractivity contribution is -0.251. The van der Waals surface area contributed by atoms with Crippen LogP contribution in [-0.4, -0.2) is 33.3 Å². The Bertz CT molecular complexity index is 698. The van der Waals surface area contributed by atoms with Crippen molar-refractivity contribution in [1.29, 1.82) is 0 Å². The van der Waals surface area contributed by atoms with Crippen LogP contribution in [0.15, 0.2) is 12.2 Å². The Kier molecular flexibility index (Phi) is 3.58. The molecule has 1 aliphatic heterocycles. The molecule has 0 amide bonds. The van der Waals surface area contributed by atoms with Crippen LogP contribution in [0.25, 0.3) is 0 Å². The van der Waals surface area contributed by atoms with E-state index in [9.17, 15) is 43.2 Å². The average molecular weight is 361 g/mol. The molecule has 0 radical (unpaired) electrons. The fourth-order valence-electron chi connectivity index (χ4n) is 1.68. The van der Waals surface area contributed by atoms with E-state index in [0.29, 0.717) is 6.92 Å². The second-order valence-corrected chi connectivity index (χ2v) is 8.31. The second kappa shape index (κ2) is 4.13. The molecule has 1 rings (SSSR count). The number of nitrogens with one attached hydrogen (secondary N) is 1. The molecule has 0 saturated carbocycles. The highest BCUT2D eigenvalue weighted by Crippen LogP contribution is 2.62. The summed E-state index contributed by atoms with van der Waals surface area (Å²) in [4.78, 5) is 0. The highest BCUT2D eigenvalue weighted by molar-refractivity contribution is 8.05. The lowest BCUT2D eigenvalue weighted by atomic mass is 9.77. The molecule has 0 spiro atoms. The molecular weight excluding hydrogens is 352 g/mol. The predicted molar refractivity (Wildman–Crippen MR) is 58.7 cm³/mol. The molecule has 13 heteroatoms. The molecule has 0 aromatic rings. The molecule has 1 N–H and O–H groups in total. The highest BCUT2D eigenvalue weighted by atomic mass is 32.3. The Balaban J connectivity index is 4.08. The third kappa shape index (κ3) is 1.79. The summed E-state index contributed by atoms with van der Waals surface area (Å²) in [5.74, 6) is -5.95. The molecule has 1 saturated heterocycles. The number of sulfonamides is 2. The van der Waals surface area contributed by atoms with Crippen LogP contribution in [0.1, 0.15) is 13.8 Å². The fraction of sp³-hybridized carbons (Fsp3) is 0.750. The SMILES string of the molecule is C=C(C)C1(C)C(F)(F)C(F)(F)S(=O)(=O)NS(=O)(=O)C1(F)F. The Morgan fingerprint density at radius 3 is 1.57 bits per heavy atom. The number of halogens is 6. The monoisotopic (exact) mass is 361 g/mol. The van der Waals surface area contributed by atoms with Gasteiger partial charge in [0.25, 0.3) is 20.0 Å². The fourth-order valence-corrected chi connectivity index (χ4v) is 5.05. The van der Waals surface area contributed by atoms with Gasteiger partial charge in [-0.15, -0.1) is 0 Å². The van der Waals surface area contributed by atoms with Crippen LogP contribution >= 0.6 is 0 Å². The average Bonchev–Trinajstić information content (AvgIpc) is 2.24. The minimum Gasteiger partial charge on any atom is -0.205 e. The van der Waals surface area contributed by atoms with Gasteiger partial charge in [-0.25, -0.2) is 16.8 Å². The molecule has 0 aromatic carbocycles. The first kappa shape index (κ1) is 18.2. The van der Waals surface area contributed by atoms with Gasteiger partial charge >= 0.3 is 16.4 Å². The van der Waals surface area contributed by atoms with Gasteiger partial charge in [0.15, 0.2) is 0 Å². The molecule has 0 bridgehead atoms. The zero-order valence-corrected chi connectivity index (χ0v) is 12.1. The van der Waals surface area contributed by atoms with Crippen molar-refractivity contribution in [1.82, 2.24) is 4.13 Å². The van der Waals surface area contributed by atoms with Crippen molar-refractivity contribution in [2.24, 2.45) is 5.41 Å². The van der Waals surface area contributed by atoms with E-state index in [4.69, 9.17) is 0 Å². The zero-order valence-electron chi connectivity index (χ0n) is 10.4. The first-order valence-electron chi connectivity index (χ1n) is 4.97. The van der Waals surface area contributed by atoms with Crippen molar-refractivity contribution in [2.75, 3.05) is 0 Å². The van der Waals surface area contributed by atoms with Crippen molar-refractivity contribution in [2.45, 2.75) is 30.3 Å². The molecule has 5 nitrogen and oxygen atoms in total. The maximum Gasteiger partial charge on any atom is 0.422 e. The smallest absolute Gasteiger partial charge is 0.205 e. The molecular formula is C8H9F6NO4S2. The normalized spacial score (nSPS) is 35.6. The first-order chi connectivity index (χ1) is 8.90. The minimum atomic E-state index is -6.63. The lowest BCUT2D eigenvalue weighted by Crippen LogP contribution is -2.61. The van der Waals surface area contributed by atoms with Crippen molar-refractivity contribution < 1.29 is 43.2 Å². The summed E-state index contributed by atoms with van der Waals surface area (Å²) in [6.45, 7) is 2.95. The Labute approximate surface area is 116 Å². The van der Waals surface area contributed by atoms with Crippen LogP contribution in [0, 0.1) is 5.41 Å². The first-order valence-corrected chi connectivity index (χ1v) is 7.94. The van der Waals surface area contributed by atoms with Gasteiger partial charge in [0.2, 0.25) is 0 Å². The zero-order chi connectivity index (χ0) is 17.3. The number of rotatable bonds is 1. The topological polar surface area (TPSA) is 80.3 Å². The van der Waals surface area contributed by atoms with Crippen molar-refractivity contribution in [3.63, 3.8) is 0 Å². The number of hydrogen-bond donors (Lipinski definition) is 1. The van der Waals surface area contributed by atoms with Gasteiger partial charge in [0, 0.05) is 0 Å². The van der Waals surface area contributed by atoms with Crippen molar-refractivity contribution in [3.05, 3.63) is 12.2 Å². The van der Waals surface area contributed by atoms with Gasteiger partial charge in [-0.1, -0.05) is 16.3 Å². The Morgan fingerprint density at radius 1 is 0.905 bits per heavy atom. The maximum atomic E-state index is 13.9. The summed E-state index contributed by atoms with van der Waals surface area (Å²) in [5.41, 5.74) is -5.70. The van der Waals surface area contributed by atoms with Crippen molar-refractivity contribution in [3.8, 4) is 0 Å². The standard InChI is InChI=1S/C8H9F6NO4S2/c1-4(2)5(3)6(9,10)8(13,14)21(18,19)15-20(16,17)7(5,11)12/h15H,1H2,2-3H3. The predicted octanol–water partition coefficient (Wildman–Crippen LogP) is 1.65. The molecule has 1 fully saturated rings. The Hall–Kier alpha value is -0.820. The van der Waals surface area contributed by atoms with E-state index in [1.54, 1.807) is 0 Å². The Morgan fingerprint density at radius 2 is 1.24 bits per heavy atom. The summed E-state index contributed by atoms with van der Waals surface area (Å²) in [5, 5.41) is -11.7. The molecule has 1 atom stereocenters. The van der Waals surface area contributed by atoms with E-state index in [-0.39, 0.29) is 11.1 Å².